The Balaban J connectivity index is 1.61. The molecule has 1 aliphatic heterocycles. The highest BCUT2D eigenvalue weighted by Gasteiger charge is 2.31. The summed E-state index contributed by atoms with van der Waals surface area (Å²) in [5, 5.41) is 3.47. The number of rotatable bonds is 4. The van der Waals surface area contributed by atoms with Gasteiger partial charge in [0.05, 0.1) is 12.6 Å². The molecule has 2 aliphatic rings. The van der Waals surface area contributed by atoms with Gasteiger partial charge in [-0.15, -0.1) is 0 Å². The van der Waals surface area contributed by atoms with Crippen LogP contribution in [0, 0.1) is 5.92 Å². The molecule has 21 heavy (non-hydrogen) atoms. The maximum Gasteiger partial charge on any atom is 0.253 e. The highest BCUT2D eigenvalue weighted by Crippen LogP contribution is 2.28. The molecule has 0 spiro atoms. The van der Waals surface area contributed by atoms with Gasteiger partial charge in [0.2, 0.25) is 5.91 Å². The fourth-order valence-electron chi connectivity index (χ4n) is 2.35. The molecule has 6 heteroatoms. The molecule has 0 bridgehead atoms. The summed E-state index contributed by atoms with van der Waals surface area (Å²) in [6.45, 7) is 0.875. The van der Waals surface area contributed by atoms with Crippen LogP contribution in [0.2, 0.25) is 5.02 Å². The maximum atomic E-state index is 12.0. The number of anilines is 1. The molecular formula is C15H17ClN2O3. The Morgan fingerprint density at radius 1 is 1.43 bits per heavy atom. The van der Waals surface area contributed by atoms with Gasteiger partial charge in [-0.1, -0.05) is 17.7 Å². The molecule has 1 heterocycles. The van der Waals surface area contributed by atoms with Crippen LogP contribution in [0.25, 0.3) is 0 Å². The van der Waals surface area contributed by atoms with Crippen LogP contribution < -0.4 is 10.2 Å². The minimum Gasteiger partial charge on any atom is -0.365 e. The number of ether oxygens (including phenoxy) is 1. The summed E-state index contributed by atoms with van der Waals surface area (Å²) in [6.07, 6.45) is 1.76. The van der Waals surface area contributed by atoms with E-state index in [4.69, 9.17) is 16.3 Å². The van der Waals surface area contributed by atoms with Crippen LogP contribution in [0.4, 0.5) is 5.69 Å². The van der Waals surface area contributed by atoms with E-state index in [-0.39, 0.29) is 30.4 Å². The second-order valence-corrected chi connectivity index (χ2v) is 5.87. The Hall–Kier alpha value is -1.59. The fraction of sp³-hybridized carbons (Fsp3) is 0.467. The smallest absolute Gasteiger partial charge is 0.253 e. The van der Waals surface area contributed by atoms with Crippen LogP contribution in [0.5, 0.6) is 0 Å². The number of carbonyl (C=O) groups is 2. The molecule has 2 fully saturated rings. The molecular weight excluding hydrogens is 292 g/mol. The first kappa shape index (κ1) is 14.4. The van der Waals surface area contributed by atoms with Crippen molar-refractivity contribution in [2.75, 3.05) is 24.6 Å². The Morgan fingerprint density at radius 2 is 2.24 bits per heavy atom. The minimum atomic E-state index is -0.190. The van der Waals surface area contributed by atoms with Crippen molar-refractivity contribution in [3.05, 3.63) is 29.3 Å². The van der Waals surface area contributed by atoms with Crippen molar-refractivity contribution in [2.24, 2.45) is 5.92 Å². The van der Waals surface area contributed by atoms with Crippen LogP contribution in [-0.4, -0.2) is 37.6 Å². The highest BCUT2D eigenvalue weighted by molar-refractivity contribution is 6.30. The average Bonchev–Trinajstić information content (AvgIpc) is 3.30. The molecule has 1 unspecified atom stereocenters. The fourth-order valence-corrected chi connectivity index (χ4v) is 2.53. The lowest BCUT2D eigenvalue weighted by atomic mass is 10.2. The molecule has 1 aromatic rings. The monoisotopic (exact) mass is 308 g/mol. The zero-order valence-corrected chi connectivity index (χ0v) is 12.3. The molecule has 1 N–H and O–H groups in total. The third-order valence-corrected chi connectivity index (χ3v) is 3.94. The van der Waals surface area contributed by atoms with Gasteiger partial charge in [-0.25, -0.2) is 0 Å². The molecule has 1 aromatic carbocycles. The maximum absolute atomic E-state index is 12.0. The van der Waals surface area contributed by atoms with Gasteiger partial charge in [0.1, 0.15) is 6.61 Å². The van der Waals surface area contributed by atoms with Crippen molar-refractivity contribution in [1.29, 1.82) is 0 Å². The van der Waals surface area contributed by atoms with Gasteiger partial charge in [-0.05, 0) is 31.0 Å². The topological polar surface area (TPSA) is 58.6 Å². The van der Waals surface area contributed by atoms with Crippen molar-refractivity contribution in [3.8, 4) is 0 Å². The lowest BCUT2D eigenvalue weighted by molar-refractivity contribution is -0.129. The normalized spacial score (nSPS) is 22.2. The zero-order valence-electron chi connectivity index (χ0n) is 11.5. The number of nitrogens with one attached hydrogen (secondary N) is 1. The minimum absolute atomic E-state index is 0.0243. The van der Waals surface area contributed by atoms with Crippen LogP contribution in [0.15, 0.2) is 24.3 Å². The second-order valence-electron chi connectivity index (χ2n) is 5.44. The third kappa shape index (κ3) is 3.54. The number of nitrogens with zero attached hydrogens (tertiary/aromatic N) is 1. The van der Waals surface area contributed by atoms with Gasteiger partial charge < -0.3 is 15.0 Å². The predicted molar refractivity (Wildman–Crippen MR) is 79.3 cm³/mol. The molecule has 112 valence electrons. The number of carbonyl (C=O) groups excluding carboxylic acids is 2. The Kier molecular flexibility index (Phi) is 4.12. The highest BCUT2D eigenvalue weighted by atomic mass is 35.5. The number of halogens is 1. The molecule has 3 rings (SSSR count). The quantitative estimate of drug-likeness (QED) is 0.919. The first-order chi connectivity index (χ1) is 10.1. The van der Waals surface area contributed by atoms with Crippen LogP contribution >= 0.6 is 11.6 Å². The van der Waals surface area contributed by atoms with Crippen LogP contribution in [0.1, 0.15) is 12.8 Å². The molecule has 1 aliphatic carbocycles. The number of amides is 2. The number of hydrogen-bond donors (Lipinski definition) is 1. The molecule has 2 amide bonds. The van der Waals surface area contributed by atoms with Crippen LogP contribution in [-0.2, 0) is 14.3 Å². The third-order valence-electron chi connectivity index (χ3n) is 3.70. The van der Waals surface area contributed by atoms with Gasteiger partial charge in [-0.3, -0.25) is 9.59 Å². The van der Waals surface area contributed by atoms with Crippen molar-refractivity contribution in [2.45, 2.75) is 18.9 Å². The standard InChI is InChI=1S/C15H17ClN2O3/c16-11-2-1-3-12(6-11)18-8-13(21-9-14(18)19)7-17-15(20)10-4-5-10/h1-3,6,10,13H,4-5,7-9H2,(H,17,20). The number of benzene rings is 1. The summed E-state index contributed by atoms with van der Waals surface area (Å²) in [5.74, 6) is 0.172. The van der Waals surface area contributed by atoms with Crippen molar-refractivity contribution < 1.29 is 14.3 Å². The van der Waals surface area contributed by atoms with Crippen molar-refractivity contribution in [3.63, 3.8) is 0 Å². The van der Waals surface area contributed by atoms with E-state index < -0.39 is 0 Å². The van der Waals surface area contributed by atoms with Gasteiger partial charge in [-0.2, -0.15) is 0 Å². The molecule has 1 atom stereocenters. The van der Waals surface area contributed by atoms with Crippen molar-refractivity contribution in [1.82, 2.24) is 5.32 Å². The van der Waals surface area contributed by atoms with Gasteiger partial charge in [0.25, 0.3) is 5.91 Å². The SMILES string of the molecule is O=C(NCC1CN(c2cccc(Cl)c2)C(=O)CO1)C1CC1. The molecule has 5 nitrogen and oxygen atoms in total. The Morgan fingerprint density at radius 3 is 2.95 bits per heavy atom. The summed E-state index contributed by atoms with van der Waals surface area (Å²) in [5.41, 5.74) is 0.759. The molecule has 0 radical (unpaired) electrons. The summed E-state index contributed by atoms with van der Waals surface area (Å²) < 4.78 is 5.48. The zero-order chi connectivity index (χ0) is 14.8. The van der Waals surface area contributed by atoms with Crippen LogP contribution in [0.3, 0.4) is 0 Å². The van der Waals surface area contributed by atoms with E-state index in [0.29, 0.717) is 18.1 Å². The number of morpholine rings is 1. The first-order valence-corrected chi connectivity index (χ1v) is 7.46. The number of hydrogen-bond acceptors (Lipinski definition) is 3. The summed E-state index contributed by atoms with van der Waals surface area (Å²) in [4.78, 5) is 25.3. The van der Waals surface area contributed by atoms with E-state index in [1.165, 1.54) is 0 Å². The van der Waals surface area contributed by atoms with Gasteiger partial charge >= 0.3 is 0 Å². The second kappa shape index (κ2) is 6.03. The Bertz CT molecular complexity index is 560. The molecule has 0 aromatic heterocycles. The lowest BCUT2D eigenvalue weighted by Gasteiger charge is -2.33. The molecule has 1 saturated heterocycles. The van der Waals surface area contributed by atoms with Gasteiger partial charge in [0, 0.05) is 23.2 Å². The summed E-state index contributed by atoms with van der Waals surface area (Å²) in [7, 11) is 0. The molecule has 1 saturated carbocycles. The van der Waals surface area contributed by atoms with E-state index in [1.54, 1.807) is 17.0 Å². The van der Waals surface area contributed by atoms with E-state index in [1.807, 2.05) is 12.1 Å². The van der Waals surface area contributed by atoms with E-state index in [9.17, 15) is 9.59 Å². The lowest BCUT2D eigenvalue weighted by Crippen LogP contribution is -2.50. The average molecular weight is 309 g/mol. The Labute approximate surface area is 128 Å². The first-order valence-electron chi connectivity index (χ1n) is 7.09. The van der Waals surface area contributed by atoms with E-state index >= 15 is 0 Å². The van der Waals surface area contributed by atoms with E-state index in [2.05, 4.69) is 5.32 Å². The largest absolute Gasteiger partial charge is 0.365 e. The predicted octanol–water partition coefficient (Wildman–Crippen LogP) is 1.60. The van der Waals surface area contributed by atoms with E-state index in [0.717, 1.165) is 18.5 Å². The van der Waals surface area contributed by atoms with Gasteiger partial charge in [0.15, 0.2) is 0 Å². The van der Waals surface area contributed by atoms with Crippen molar-refractivity contribution >= 4 is 29.1 Å². The summed E-state index contributed by atoms with van der Waals surface area (Å²) in [6, 6.07) is 7.17. The summed E-state index contributed by atoms with van der Waals surface area (Å²) >= 11 is 5.97.